The Balaban J connectivity index is 1.69. The second kappa shape index (κ2) is 6.81. The lowest BCUT2D eigenvalue weighted by atomic mass is 9.75. The zero-order valence-electron chi connectivity index (χ0n) is 13.6. The van der Waals surface area contributed by atoms with Gasteiger partial charge >= 0.3 is 0 Å². The van der Waals surface area contributed by atoms with Crippen LogP contribution in [0.2, 0.25) is 0 Å². The number of aliphatic hydroxyl groups excluding tert-OH is 1. The maximum absolute atomic E-state index is 13.1. The maximum atomic E-state index is 13.1. The summed E-state index contributed by atoms with van der Waals surface area (Å²) in [7, 11) is 0. The number of likely N-dealkylation sites (tertiary alicyclic amines) is 1. The van der Waals surface area contributed by atoms with Crippen molar-refractivity contribution < 1.29 is 9.50 Å². The summed E-state index contributed by atoms with van der Waals surface area (Å²) in [6.45, 7) is 4.82. The van der Waals surface area contributed by atoms with Gasteiger partial charge in [0.2, 0.25) is 0 Å². The molecule has 3 rings (SSSR count). The SMILES string of the molecule is Cc1cc(CN2CCCC(CO)(Cc3ccc(F)cc3)C2)n[nH]1. The highest BCUT2D eigenvalue weighted by atomic mass is 19.1. The number of nitrogens with one attached hydrogen (secondary N) is 1. The predicted molar refractivity (Wildman–Crippen MR) is 87.5 cm³/mol. The molecule has 124 valence electrons. The number of benzene rings is 1. The average Bonchev–Trinajstić information content (AvgIpc) is 2.95. The highest BCUT2D eigenvalue weighted by Crippen LogP contribution is 2.34. The molecular formula is C18H24FN3O. The van der Waals surface area contributed by atoms with Crippen molar-refractivity contribution in [3.05, 3.63) is 53.1 Å². The lowest BCUT2D eigenvalue weighted by Gasteiger charge is -2.42. The Morgan fingerprint density at radius 3 is 2.78 bits per heavy atom. The first kappa shape index (κ1) is 16.1. The van der Waals surface area contributed by atoms with E-state index in [0.29, 0.717) is 0 Å². The number of piperidine rings is 1. The molecule has 5 heteroatoms. The number of hydrogen-bond donors (Lipinski definition) is 2. The summed E-state index contributed by atoms with van der Waals surface area (Å²) in [6, 6.07) is 8.70. The van der Waals surface area contributed by atoms with E-state index in [1.807, 2.05) is 19.1 Å². The molecule has 2 N–H and O–H groups in total. The molecule has 2 heterocycles. The molecule has 0 aliphatic carbocycles. The van der Waals surface area contributed by atoms with Crippen molar-refractivity contribution in [2.24, 2.45) is 5.41 Å². The molecule has 1 saturated heterocycles. The molecule has 1 aliphatic rings. The molecule has 1 aliphatic heterocycles. The summed E-state index contributed by atoms with van der Waals surface area (Å²) >= 11 is 0. The second-order valence-corrected chi connectivity index (χ2v) is 6.82. The van der Waals surface area contributed by atoms with Crippen LogP contribution < -0.4 is 0 Å². The van der Waals surface area contributed by atoms with Gasteiger partial charge in [0.15, 0.2) is 0 Å². The van der Waals surface area contributed by atoms with E-state index in [1.54, 1.807) is 0 Å². The molecule has 1 aromatic heterocycles. The maximum Gasteiger partial charge on any atom is 0.123 e. The molecule has 4 nitrogen and oxygen atoms in total. The lowest BCUT2D eigenvalue weighted by molar-refractivity contribution is 0.0283. The van der Waals surface area contributed by atoms with Gasteiger partial charge in [-0.3, -0.25) is 10.00 Å². The van der Waals surface area contributed by atoms with Crippen LogP contribution in [-0.2, 0) is 13.0 Å². The second-order valence-electron chi connectivity index (χ2n) is 6.82. The van der Waals surface area contributed by atoms with Gasteiger partial charge in [-0.15, -0.1) is 0 Å². The normalized spacial score (nSPS) is 22.4. The van der Waals surface area contributed by atoms with Gasteiger partial charge in [-0.05, 0) is 56.5 Å². The fourth-order valence-corrected chi connectivity index (χ4v) is 3.59. The van der Waals surface area contributed by atoms with Crippen LogP contribution in [0.1, 0.15) is 29.8 Å². The van der Waals surface area contributed by atoms with Crippen LogP contribution in [0.3, 0.4) is 0 Å². The molecule has 0 amide bonds. The Labute approximate surface area is 136 Å². The van der Waals surface area contributed by atoms with Crippen molar-refractivity contribution in [3.8, 4) is 0 Å². The monoisotopic (exact) mass is 317 g/mol. The van der Waals surface area contributed by atoms with Gasteiger partial charge in [0.1, 0.15) is 5.82 Å². The van der Waals surface area contributed by atoms with E-state index in [9.17, 15) is 9.50 Å². The van der Waals surface area contributed by atoms with Crippen molar-refractivity contribution in [1.29, 1.82) is 0 Å². The van der Waals surface area contributed by atoms with Crippen LogP contribution in [0.15, 0.2) is 30.3 Å². The van der Waals surface area contributed by atoms with Crippen LogP contribution in [0.5, 0.6) is 0 Å². The quantitative estimate of drug-likeness (QED) is 0.891. The summed E-state index contributed by atoms with van der Waals surface area (Å²) in [6.07, 6.45) is 2.84. The molecule has 2 aromatic rings. The van der Waals surface area contributed by atoms with Crippen molar-refractivity contribution in [2.75, 3.05) is 19.7 Å². The highest BCUT2D eigenvalue weighted by Gasteiger charge is 2.35. The molecule has 23 heavy (non-hydrogen) atoms. The Hall–Kier alpha value is -1.72. The smallest absolute Gasteiger partial charge is 0.123 e. The molecule has 0 bridgehead atoms. The number of aromatic amines is 1. The van der Waals surface area contributed by atoms with Gasteiger partial charge in [0.25, 0.3) is 0 Å². The number of aliphatic hydroxyl groups is 1. The van der Waals surface area contributed by atoms with Gasteiger partial charge < -0.3 is 5.11 Å². The fourth-order valence-electron chi connectivity index (χ4n) is 3.59. The first-order chi connectivity index (χ1) is 11.1. The van der Waals surface area contributed by atoms with Crippen LogP contribution in [0.25, 0.3) is 0 Å². The zero-order chi connectivity index (χ0) is 16.3. The number of aryl methyl sites for hydroxylation is 1. The number of aromatic nitrogens is 2. The molecular weight excluding hydrogens is 293 g/mol. The van der Waals surface area contributed by atoms with E-state index in [4.69, 9.17) is 0 Å². The molecule has 1 fully saturated rings. The van der Waals surface area contributed by atoms with Crippen molar-refractivity contribution in [2.45, 2.75) is 32.7 Å². The third-order valence-corrected chi connectivity index (χ3v) is 4.71. The van der Waals surface area contributed by atoms with Crippen molar-refractivity contribution >= 4 is 0 Å². The van der Waals surface area contributed by atoms with E-state index in [2.05, 4.69) is 21.2 Å². The van der Waals surface area contributed by atoms with Gasteiger partial charge in [0, 0.05) is 24.2 Å². The highest BCUT2D eigenvalue weighted by molar-refractivity contribution is 5.18. The van der Waals surface area contributed by atoms with Crippen LogP contribution in [0.4, 0.5) is 4.39 Å². The number of nitrogens with zero attached hydrogens (tertiary/aromatic N) is 2. The number of H-pyrrole nitrogens is 1. The van der Waals surface area contributed by atoms with E-state index in [1.165, 1.54) is 12.1 Å². The standard InChI is InChI=1S/C18H24FN3O/c1-14-9-17(21-20-14)11-22-8-2-7-18(12-22,13-23)10-15-3-5-16(19)6-4-15/h3-6,9,23H,2,7-8,10-13H2,1H3,(H,20,21). The Morgan fingerprint density at radius 2 is 2.13 bits per heavy atom. The topological polar surface area (TPSA) is 52.1 Å². The van der Waals surface area contributed by atoms with Gasteiger partial charge in [-0.1, -0.05) is 12.1 Å². The fraction of sp³-hybridized carbons (Fsp3) is 0.500. The van der Waals surface area contributed by atoms with E-state index in [-0.39, 0.29) is 17.8 Å². The minimum Gasteiger partial charge on any atom is -0.396 e. The first-order valence-corrected chi connectivity index (χ1v) is 8.17. The molecule has 1 unspecified atom stereocenters. The van der Waals surface area contributed by atoms with Gasteiger partial charge in [-0.25, -0.2) is 4.39 Å². The van der Waals surface area contributed by atoms with E-state index >= 15 is 0 Å². The average molecular weight is 317 g/mol. The van der Waals surface area contributed by atoms with Crippen LogP contribution >= 0.6 is 0 Å². The predicted octanol–water partition coefficient (Wildman–Crippen LogP) is 2.67. The summed E-state index contributed by atoms with van der Waals surface area (Å²) in [4.78, 5) is 2.36. The third-order valence-electron chi connectivity index (χ3n) is 4.71. The molecule has 1 atom stereocenters. The Bertz CT molecular complexity index is 640. The Morgan fingerprint density at radius 1 is 1.35 bits per heavy atom. The summed E-state index contributed by atoms with van der Waals surface area (Å²) < 4.78 is 13.1. The molecule has 0 spiro atoms. The third kappa shape index (κ3) is 3.98. The minimum absolute atomic E-state index is 0.151. The van der Waals surface area contributed by atoms with Gasteiger partial charge in [0.05, 0.1) is 12.3 Å². The first-order valence-electron chi connectivity index (χ1n) is 8.17. The molecule has 0 saturated carbocycles. The molecule has 1 aromatic carbocycles. The lowest BCUT2D eigenvalue weighted by Crippen LogP contribution is -2.46. The number of halogens is 1. The summed E-state index contributed by atoms with van der Waals surface area (Å²) in [5, 5.41) is 17.3. The van der Waals surface area contributed by atoms with E-state index < -0.39 is 0 Å². The molecule has 0 radical (unpaired) electrons. The van der Waals surface area contributed by atoms with Crippen LogP contribution in [-0.4, -0.2) is 39.9 Å². The Kier molecular flexibility index (Phi) is 4.78. The summed E-state index contributed by atoms with van der Waals surface area (Å²) in [5.74, 6) is -0.217. The minimum atomic E-state index is -0.217. The van der Waals surface area contributed by atoms with Crippen molar-refractivity contribution in [1.82, 2.24) is 15.1 Å². The summed E-state index contributed by atoms with van der Waals surface area (Å²) in [5.41, 5.74) is 3.04. The van der Waals surface area contributed by atoms with Gasteiger partial charge in [-0.2, -0.15) is 5.10 Å². The van der Waals surface area contributed by atoms with Crippen LogP contribution in [0, 0.1) is 18.2 Å². The van der Waals surface area contributed by atoms with Crippen molar-refractivity contribution in [3.63, 3.8) is 0 Å². The largest absolute Gasteiger partial charge is 0.396 e. The van der Waals surface area contributed by atoms with E-state index in [0.717, 1.165) is 55.8 Å². The number of rotatable bonds is 5. The zero-order valence-corrected chi connectivity index (χ0v) is 13.6. The number of hydrogen-bond acceptors (Lipinski definition) is 3.